The summed E-state index contributed by atoms with van der Waals surface area (Å²) >= 11 is 12.2. The molecular weight excluding hydrogens is 305 g/mol. The van der Waals surface area contributed by atoms with Crippen molar-refractivity contribution in [1.29, 1.82) is 0 Å². The van der Waals surface area contributed by atoms with Crippen molar-refractivity contribution in [3.8, 4) is 0 Å². The Bertz CT molecular complexity index is 708. The van der Waals surface area contributed by atoms with Crippen molar-refractivity contribution in [2.24, 2.45) is 0 Å². The van der Waals surface area contributed by atoms with Crippen LogP contribution in [-0.2, 0) is 10.2 Å². The van der Waals surface area contributed by atoms with Gasteiger partial charge in [-0.3, -0.25) is 4.79 Å². The third kappa shape index (κ3) is 2.66. The maximum atomic E-state index is 12.7. The molecule has 0 bridgehead atoms. The lowest BCUT2D eigenvalue weighted by atomic mass is 9.94. The fraction of sp³-hybridized carbons (Fsp3) is 0.235. The van der Waals surface area contributed by atoms with E-state index in [2.05, 4.69) is 5.32 Å². The van der Waals surface area contributed by atoms with E-state index >= 15 is 0 Å². The SMILES string of the molecule is Cc1cc(Cl)ccc1NC(=O)C1(c2ccccc2Cl)CC1. The van der Waals surface area contributed by atoms with Crippen molar-refractivity contribution in [3.05, 3.63) is 63.6 Å². The van der Waals surface area contributed by atoms with Crippen LogP contribution in [-0.4, -0.2) is 5.91 Å². The highest BCUT2D eigenvalue weighted by Crippen LogP contribution is 2.51. The summed E-state index contributed by atoms with van der Waals surface area (Å²) in [6.07, 6.45) is 1.66. The minimum absolute atomic E-state index is 0.000947. The molecule has 0 radical (unpaired) electrons. The van der Waals surface area contributed by atoms with Gasteiger partial charge in [-0.25, -0.2) is 0 Å². The third-order valence-corrected chi connectivity index (χ3v) is 4.58. The molecule has 0 saturated heterocycles. The van der Waals surface area contributed by atoms with Crippen LogP contribution in [0.2, 0.25) is 10.0 Å². The van der Waals surface area contributed by atoms with E-state index in [4.69, 9.17) is 23.2 Å². The molecule has 0 unspecified atom stereocenters. The Labute approximate surface area is 134 Å². The van der Waals surface area contributed by atoms with Gasteiger partial charge in [0.2, 0.25) is 5.91 Å². The molecule has 21 heavy (non-hydrogen) atoms. The van der Waals surface area contributed by atoms with Gasteiger partial charge >= 0.3 is 0 Å². The number of amides is 1. The van der Waals surface area contributed by atoms with Crippen molar-refractivity contribution in [2.75, 3.05) is 5.32 Å². The van der Waals surface area contributed by atoms with Crippen molar-refractivity contribution < 1.29 is 4.79 Å². The molecule has 2 nitrogen and oxygen atoms in total. The molecule has 0 aromatic heterocycles. The van der Waals surface area contributed by atoms with Gasteiger partial charge in [-0.15, -0.1) is 0 Å². The van der Waals surface area contributed by atoms with Crippen LogP contribution >= 0.6 is 23.2 Å². The zero-order chi connectivity index (χ0) is 15.0. The van der Waals surface area contributed by atoms with Crippen molar-refractivity contribution in [2.45, 2.75) is 25.2 Å². The number of halogens is 2. The number of rotatable bonds is 3. The van der Waals surface area contributed by atoms with E-state index in [-0.39, 0.29) is 5.91 Å². The van der Waals surface area contributed by atoms with E-state index in [9.17, 15) is 4.79 Å². The Hall–Kier alpha value is -1.51. The van der Waals surface area contributed by atoms with Crippen LogP contribution in [0.15, 0.2) is 42.5 Å². The average Bonchev–Trinajstić information content (AvgIpc) is 3.24. The highest BCUT2D eigenvalue weighted by Gasteiger charge is 2.52. The third-order valence-electron chi connectivity index (χ3n) is 4.01. The maximum absolute atomic E-state index is 12.7. The molecule has 1 aliphatic rings. The van der Waals surface area contributed by atoms with Gasteiger partial charge < -0.3 is 5.32 Å². The number of carbonyl (C=O) groups is 1. The van der Waals surface area contributed by atoms with Gasteiger partial charge in [-0.1, -0.05) is 41.4 Å². The molecule has 0 heterocycles. The molecule has 1 N–H and O–H groups in total. The second-order valence-electron chi connectivity index (χ2n) is 5.48. The normalized spacial score (nSPS) is 15.6. The Morgan fingerprint density at radius 3 is 2.48 bits per heavy atom. The predicted molar refractivity (Wildman–Crippen MR) is 87.2 cm³/mol. The van der Waals surface area contributed by atoms with E-state index < -0.39 is 5.41 Å². The lowest BCUT2D eigenvalue weighted by molar-refractivity contribution is -0.118. The largest absolute Gasteiger partial charge is 0.325 e. The van der Waals surface area contributed by atoms with Gasteiger partial charge in [0.15, 0.2) is 0 Å². The summed E-state index contributed by atoms with van der Waals surface area (Å²) in [7, 11) is 0. The quantitative estimate of drug-likeness (QED) is 0.850. The molecule has 2 aromatic rings. The summed E-state index contributed by atoms with van der Waals surface area (Å²) < 4.78 is 0. The maximum Gasteiger partial charge on any atom is 0.235 e. The smallest absolute Gasteiger partial charge is 0.235 e. The van der Waals surface area contributed by atoms with Crippen molar-refractivity contribution in [1.82, 2.24) is 0 Å². The molecule has 1 saturated carbocycles. The summed E-state index contributed by atoms with van der Waals surface area (Å²) in [6, 6.07) is 13.0. The lowest BCUT2D eigenvalue weighted by Gasteiger charge is -2.18. The van der Waals surface area contributed by atoms with Gasteiger partial charge in [-0.2, -0.15) is 0 Å². The summed E-state index contributed by atoms with van der Waals surface area (Å²) in [5, 5.41) is 4.33. The van der Waals surface area contributed by atoms with E-state index in [1.807, 2.05) is 43.3 Å². The van der Waals surface area contributed by atoms with Crippen molar-refractivity contribution >= 4 is 34.8 Å². The molecule has 0 atom stereocenters. The predicted octanol–water partition coefficient (Wildman–Crippen LogP) is 4.97. The average molecular weight is 320 g/mol. The first-order valence-electron chi connectivity index (χ1n) is 6.85. The number of hydrogen-bond donors (Lipinski definition) is 1. The number of carbonyl (C=O) groups excluding carboxylic acids is 1. The Balaban J connectivity index is 1.87. The Kier molecular flexibility index (Phi) is 3.68. The van der Waals surface area contributed by atoms with Gasteiger partial charge in [-0.05, 0) is 55.2 Å². The monoisotopic (exact) mass is 319 g/mol. The molecule has 1 fully saturated rings. The first-order valence-corrected chi connectivity index (χ1v) is 7.61. The van der Waals surface area contributed by atoms with Gasteiger partial charge in [0, 0.05) is 15.7 Å². The Morgan fingerprint density at radius 2 is 1.86 bits per heavy atom. The van der Waals surface area contributed by atoms with E-state index in [0.29, 0.717) is 10.0 Å². The molecular formula is C17H15Cl2NO. The number of nitrogens with one attached hydrogen (secondary N) is 1. The molecule has 4 heteroatoms. The van der Waals surface area contributed by atoms with Gasteiger partial charge in [0.25, 0.3) is 0 Å². The number of benzene rings is 2. The van der Waals surface area contributed by atoms with E-state index in [0.717, 1.165) is 29.7 Å². The van der Waals surface area contributed by atoms with E-state index in [1.54, 1.807) is 6.07 Å². The second kappa shape index (κ2) is 5.36. The lowest BCUT2D eigenvalue weighted by Crippen LogP contribution is -2.28. The molecule has 0 aliphatic heterocycles. The van der Waals surface area contributed by atoms with Crippen LogP contribution < -0.4 is 5.32 Å². The molecule has 2 aromatic carbocycles. The van der Waals surface area contributed by atoms with Gasteiger partial charge in [0.05, 0.1) is 5.41 Å². The second-order valence-corrected chi connectivity index (χ2v) is 6.32. The first kappa shape index (κ1) is 14.4. The standard InChI is InChI=1S/C17H15Cl2NO/c1-11-10-12(18)6-7-15(11)20-16(21)17(8-9-17)13-4-2-3-5-14(13)19/h2-7,10H,8-9H2,1H3,(H,20,21). The van der Waals surface area contributed by atoms with Crippen molar-refractivity contribution in [3.63, 3.8) is 0 Å². The molecule has 0 spiro atoms. The minimum Gasteiger partial charge on any atom is -0.325 e. The number of aryl methyl sites for hydroxylation is 1. The zero-order valence-corrected chi connectivity index (χ0v) is 13.1. The Morgan fingerprint density at radius 1 is 1.14 bits per heavy atom. The summed E-state index contributed by atoms with van der Waals surface area (Å²) in [5.74, 6) is 0.000947. The van der Waals surface area contributed by atoms with Gasteiger partial charge in [0.1, 0.15) is 0 Å². The van der Waals surface area contributed by atoms with Crippen LogP contribution in [0.5, 0.6) is 0 Å². The van der Waals surface area contributed by atoms with Crippen LogP contribution in [0.1, 0.15) is 24.0 Å². The molecule has 3 rings (SSSR count). The van der Waals surface area contributed by atoms with Crippen LogP contribution in [0.4, 0.5) is 5.69 Å². The first-order chi connectivity index (χ1) is 10.0. The highest BCUT2D eigenvalue weighted by molar-refractivity contribution is 6.32. The van der Waals surface area contributed by atoms with Crippen LogP contribution in [0, 0.1) is 6.92 Å². The number of hydrogen-bond acceptors (Lipinski definition) is 1. The summed E-state index contributed by atoms with van der Waals surface area (Å²) in [5.41, 5.74) is 2.18. The van der Waals surface area contributed by atoms with E-state index in [1.165, 1.54) is 0 Å². The molecule has 1 amide bonds. The fourth-order valence-electron chi connectivity index (χ4n) is 2.60. The topological polar surface area (TPSA) is 29.1 Å². The minimum atomic E-state index is -0.482. The summed E-state index contributed by atoms with van der Waals surface area (Å²) in [6.45, 7) is 1.93. The highest BCUT2D eigenvalue weighted by atomic mass is 35.5. The van der Waals surface area contributed by atoms with Crippen LogP contribution in [0.3, 0.4) is 0 Å². The van der Waals surface area contributed by atoms with Crippen LogP contribution in [0.25, 0.3) is 0 Å². The zero-order valence-electron chi connectivity index (χ0n) is 11.6. The fourth-order valence-corrected chi connectivity index (χ4v) is 3.15. The molecule has 108 valence electrons. The molecule has 1 aliphatic carbocycles. The summed E-state index contributed by atoms with van der Waals surface area (Å²) in [4.78, 5) is 12.7. The number of anilines is 1.